The topological polar surface area (TPSA) is 29.5 Å². The van der Waals surface area contributed by atoms with E-state index < -0.39 is 0 Å². The van der Waals surface area contributed by atoms with Gasteiger partial charge in [0, 0.05) is 12.1 Å². The monoisotopic (exact) mass is 345 g/mol. The summed E-state index contributed by atoms with van der Waals surface area (Å²) in [5.41, 5.74) is 0.596. The maximum Gasteiger partial charge on any atom is 0.250 e. The second kappa shape index (κ2) is 7.05. The molecule has 1 aliphatic rings. The van der Waals surface area contributed by atoms with Gasteiger partial charge in [0.2, 0.25) is 0 Å². The van der Waals surface area contributed by atoms with Gasteiger partial charge in [-0.05, 0) is 37.1 Å². The number of amides is 1. The van der Waals surface area contributed by atoms with Gasteiger partial charge in [0.1, 0.15) is 17.3 Å². The molecule has 0 N–H and O–H groups in total. The van der Waals surface area contributed by atoms with Gasteiger partial charge in [0.25, 0.3) is 5.91 Å². The Labute approximate surface area is 145 Å². The molecule has 5 heteroatoms. The van der Waals surface area contributed by atoms with Crippen LogP contribution in [0.5, 0.6) is 5.75 Å². The van der Waals surface area contributed by atoms with Crippen LogP contribution in [0.3, 0.4) is 0 Å². The molecule has 0 fully saturated rings. The van der Waals surface area contributed by atoms with E-state index in [4.69, 9.17) is 16.3 Å². The van der Waals surface area contributed by atoms with Crippen molar-refractivity contribution in [3.63, 3.8) is 0 Å². The zero-order valence-corrected chi connectivity index (χ0v) is 14.0. The fourth-order valence-corrected chi connectivity index (χ4v) is 2.88. The van der Waals surface area contributed by atoms with Crippen molar-refractivity contribution < 1.29 is 13.9 Å². The molecule has 1 amide bonds. The lowest BCUT2D eigenvalue weighted by Crippen LogP contribution is -2.36. The molecule has 1 atom stereocenters. The minimum Gasteiger partial charge on any atom is -0.458 e. The summed E-state index contributed by atoms with van der Waals surface area (Å²) < 4.78 is 19.5. The number of hydrogen-bond donors (Lipinski definition) is 0. The molecule has 0 saturated heterocycles. The van der Waals surface area contributed by atoms with E-state index >= 15 is 0 Å². The first kappa shape index (κ1) is 16.5. The fourth-order valence-electron chi connectivity index (χ4n) is 2.71. The number of carbonyl (C=O) groups is 1. The Morgan fingerprint density at radius 3 is 2.67 bits per heavy atom. The largest absolute Gasteiger partial charge is 0.458 e. The van der Waals surface area contributed by atoms with Gasteiger partial charge in [-0.1, -0.05) is 41.9 Å². The van der Waals surface area contributed by atoms with E-state index in [-0.39, 0.29) is 17.8 Å². The van der Waals surface area contributed by atoms with Crippen LogP contribution < -0.4 is 4.74 Å². The summed E-state index contributed by atoms with van der Waals surface area (Å²) >= 11 is 6.07. The Kier molecular flexibility index (Phi) is 4.86. The highest BCUT2D eigenvalue weighted by Crippen LogP contribution is 2.27. The van der Waals surface area contributed by atoms with Crippen LogP contribution in [-0.4, -0.2) is 23.4 Å². The first-order chi connectivity index (χ1) is 11.5. The second-order valence-corrected chi connectivity index (χ2v) is 6.16. The van der Waals surface area contributed by atoms with Gasteiger partial charge in [-0.15, -0.1) is 0 Å². The van der Waals surface area contributed by atoms with Crippen LogP contribution in [0.4, 0.5) is 4.39 Å². The van der Waals surface area contributed by atoms with Crippen LogP contribution in [0.2, 0.25) is 5.02 Å². The normalized spacial score (nSPS) is 15.4. The highest BCUT2D eigenvalue weighted by Gasteiger charge is 2.28. The number of para-hydroxylation sites is 1. The molecule has 1 heterocycles. The number of halogens is 2. The average Bonchev–Trinajstić information content (AvgIpc) is 2.92. The smallest absolute Gasteiger partial charge is 0.250 e. The van der Waals surface area contributed by atoms with Crippen LogP contribution in [0.1, 0.15) is 12.5 Å². The van der Waals surface area contributed by atoms with E-state index in [0.29, 0.717) is 35.1 Å². The van der Waals surface area contributed by atoms with Gasteiger partial charge in [-0.3, -0.25) is 4.79 Å². The van der Waals surface area contributed by atoms with Crippen LogP contribution in [0.15, 0.2) is 60.4 Å². The third-order valence-electron chi connectivity index (χ3n) is 3.98. The Morgan fingerprint density at radius 1 is 1.21 bits per heavy atom. The van der Waals surface area contributed by atoms with Crippen molar-refractivity contribution in [2.45, 2.75) is 19.4 Å². The van der Waals surface area contributed by atoms with Gasteiger partial charge in [0.15, 0.2) is 0 Å². The fraction of sp³-hybridized carbons (Fsp3) is 0.211. The number of hydrogen-bond acceptors (Lipinski definition) is 2. The first-order valence-corrected chi connectivity index (χ1v) is 8.09. The minimum atomic E-state index is -0.253. The van der Waals surface area contributed by atoms with Crippen molar-refractivity contribution in [2.24, 2.45) is 0 Å². The average molecular weight is 346 g/mol. The number of benzene rings is 2. The summed E-state index contributed by atoms with van der Waals surface area (Å²) in [6.07, 6.45) is 1.91. The molecule has 0 spiro atoms. The Balaban J connectivity index is 1.66. The first-order valence-electron chi connectivity index (χ1n) is 7.71. The molecule has 0 unspecified atom stereocenters. The zero-order chi connectivity index (χ0) is 17.1. The molecule has 3 rings (SSSR count). The summed E-state index contributed by atoms with van der Waals surface area (Å²) in [6, 6.07) is 13.6. The van der Waals surface area contributed by atoms with Gasteiger partial charge in [0.05, 0.1) is 11.6 Å². The van der Waals surface area contributed by atoms with Gasteiger partial charge in [-0.25, -0.2) is 4.39 Å². The molecule has 0 bridgehead atoms. The van der Waals surface area contributed by atoms with E-state index in [1.165, 1.54) is 12.1 Å². The molecule has 24 heavy (non-hydrogen) atoms. The number of rotatable bonds is 5. The number of ether oxygens (including phenoxy) is 1. The SMILES string of the molecule is C[C@@H](Cc1ccccc1F)N1CC(Oc2ccccc2Cl)=CC1=O. The Bertz CT molecular complexity index is 790. The van der Waals surface area contributed by atoms with Crippen molar-refractivity contribution in [3.05, 3.63) is 76.8 Å². The van der Waals surface area contributed by atoms with Crippen molar-refractivity contribution in [3.8, 4) is 5.75 Å². The molecule has 2 aromatic rings. The molecular formula is C19H17ClFNO2. The molecule has 0 aromatic heterocycles. The molecular weight excluding hydrogens is 329 g/mol. The second-order valence-electron chi connectivity index (χ2n) is 5.75. The molecule has 0 radical (unpaired) electrons. The molecule has 3 nitrogen and oxygen atoms in total. The Hall–Kier alpha value is -2.33. The van der Waals surface area contributed by atoms with Crippen molar-refractivity contribution >= 4 is 17.5 Å². The molecule has 124 valence electrons. The molecule has 0 aliphatic carbocycles. The molecule has 1 aliphatic heterocycles. The van der Waals surface area contributed by atoms with E-state index in [2.05, 4.69) is 0 Å². The maximum absolute atomic E-state index is 13.8. The van der Waals surface area contributed by atoms with E-state index in [1.807, 2.05) is 19.1 Å². The predicted octanol–water partition coefficient (Wildman–Crippen LogP) is 4.22. The molecule has 0 saturated carbocycles. The lowest BCUT2D eigenvalue weighted by atomic mass is 10.1. The lowest BCUT2D eigenvalue weighted by molar-refractivity contribution is -0.126. The van der Waals surface area contributed by atoms with Gasteiger partial charge in [-0.2, -0.15) is 0 Å². The summed E-state index contributed by atoms with van der Waals surface area (Å²) in [7, 11) is 0. The lowest BCUT2D eigenvalue weighted by Gasteiger charge is -2.25. The van der Waals surface area contributed by atoms with Crippen molar-refractivity contribution in [2.75, 3.05) is 6.54 Å². The summed E-state index contributed by atoms with van der Waals surface area (Å²) in [5.74, 6) is 0.660. The highest BCUT2D eigenvalue weighted by atomic mass is 35.5. The van der Waals surface area contributed by atoms with E-state index in [1.54, 1.807) is 35.2 Å². The quantitative estimate of drug-likeness (QED) is 0.812. The van der Waals surface area contributed by atoms with Gasteiger partial charge < -0.3 is 9.64 Å². The van der Waals surface area contributed by atoms with Crippen molar-refractivity contribution in [1.82, 2.24) is 4.90 Å². The van der Waals surface area contributed by atoms with E-state index in [0.717, 1.165) is 0 Å². The van der Waals surface area contributed by atoms with Crippen LogP contribution in [0.25, 0.3) is 0 Å². The number of carbonyl (C=O) groups excluding carboxylic acids is 1. The standard InChI is InChI=1S/C19H17ClFNO2/c1-13(10-14-6-2-4-8-17(14)21)22-12-15(11-19(22)23)24-18-9-5-3-7-16(18)20/h2-9,11,13H,10,12H2,1H3/t13-/m0/s1. The molecule has 2 aromatic carbocycles. The summed E-state index contributed by atoms with van der Waals surface area (Å²) in [5, 5.41) is 0.490. The maximum atomic E-state index is 13.8. The summed E-state index contributed by atoms with van der Waals surface area (Å²) in [4.78, 5) is 13.9. The minimum absolute atomic E-state index is 0.138. The zero-order valence-electron chi connectivity index (χ0n) is 13.2. The number of nitrogens with zero attached hydrogens (tertiary/aromatic N) is 1. The summed E-state index contributed by atoms with van der Waals surface area (Å²) in [6.45, 7) is 2.25. The Morgan fingerprint density at radius 2 is 1.92 bits per heavy atom. The van der Waals surface area contributed by atoms with Crippen LogP contribution in [-0.2, 0) is 11.2 Å². The third-order valence-corrected chi connectivity index (χ3v) is 4.29. The van der Waals surface area contributed by atoms with Gasteiger partial charge >= 0.3 is 0 Å². The van der Waals surface area contributed by atoms with E-state index in [9.17, 15) is 9.18 Å². The van der Waals surface area contributed by atoms with Crippen molar-refractivity contribution in [1.29, 1.82) is 0 Å². The van der Waals surface area contributed by atoms with Crippen LogP contribution in [0, 0.1) is 5.82 Å². The van der Waals surface area contributed by atoms with Crippen LogP contribution >= 0.6 is 11.6 Å². The third kappa shape index (κ3) is 3.60. The predicted molar refractivity (Wildman–Crippen MR) is 91.4 cm³/mol. The highest BCUT2D eigenvalue weighted by molar-refractivity contribution is 6.32.